The van der Waals surface area contributed by atoms with E-state index in [4.69, 9.17) is 4.74 Å². The standard InChI is InChI=1S/C28H33FIN4O3/c1-3-32-19(2)31-27(35)34(28(32)36)14-8-13-33-21-15-22(16-26(33)30-17-21)37-18-24-23(11-7-12-25(24)29)20-9-5-4-6-10-20/h4-7,9-12,21-22,26H,3,8,13-18H2,1-2H3/q-1. The molecule has 0 amide bonds. The van der Waals surface area contributed by atoms with E-state index in [1.807, 2.05) is 43.3 Å². The average Bonchev–Trinajstić information content (AvgIpc) is 3.12. The molecule has 0 saturated carbocycles. The number of halogens is 2. The molecule has 7 nitrogen and oxygen atoms in total. The molecule has 2 fully saturated rings. The van der Waals surface area contributed by atoms with Crippen LogP contribution in [0.1, 0.15) is 37.6 Å². The van der Waals surface area contributed by atoms with Crippen molar-refractivity contribution in [3.8, 4) is 11.1 Å². The minimum atomic E-state index is -0.460. The van der Waals surface area contributed by atoms with Gasteiger partial charge in [-0.1, -0.05) is 0 Å². The van der Waals surface area contributed by atoms with Crippen molar-refractivity contribution in [2.75, 3.05) is 11.0 Å². The summed E-state index contributed by atoms with van der Waals surface area (Å²) >= 11 is 0.0419. The summed E-state index contributed by atoms with van der Waals surface area (Å²) in [5.41, 5.74) is 1.77. The summed E-state index contributed by atoms with van der Waals surface area (Å²) in [6.45, 7) is 5.59. The zero-order valence-corrected chi connectivity index (χ0v) is 23.4. The summed E-state index contributed by atoms with van der Waals surface area (Å²) in [6, 6.07) is 15.6. The molecule has 3 aromatic rings. The molecule has 3 heterocycles. The van der Waals surface area contributed by atoms with E-state index in [1.165, 1.54) is 19.6 Å². The number of hydrogen-bond acceptors (Lipinski definition) is 5. The van der Waals surface area contributed by atoms with Gasteiger partial charge in [0.2, 0.25) is 0 Å². The number of ether oxygens (including phenoxy) is 1. The molecule has 198 valence electrons. The second-order valence-electron chi connectivity index (χ2n) is 9.64. The molecule has 2 bridgehead atoms. The van der Waals surface area contributed by atoms with E-state index in [0.717, 1.165) is 36.9 Å². The van der Waals surface area contributed by atoms with Crippen molar-refractivity contribution >= 4 is 0 Å². The van der Waals surface area contributed by atoms with Gasteiger partial charge in [0.25, 0.3) is 0 Å². The first-order valence-electron chi connectivity index (χ1n) is 12.9. The van der Waals surface area contributed by atoms with E-state index < -0.39 is 5.69 Å². The van der Waals surface area contributed by atoms with Gasteiger partial charge >= 0.3 is 227 Å². The van der Waals surface area contributed by atoms with Crippen LogP contribution in [0.2, 0.25) is 0 Å². The number of piperidine rings is 1. The van der Waals surface area contributed by atoms with Crippen molar-refractivity contribution in [3.63, 3.8) is 0 Å². The summed E-state index contributed by atoms with van der Waals surface area (Å²) in [7, 11) is 0. The molecule has 0 radical (unpaired) electrons. The van der Waals surface area contributed by atoms with Gasteiger partial charge in [0, 0.05) is 0 Å². The van der Waals surface area contributed by atoms with Crippen molar-refractivity contribution in [2.24, 2.45) is 0 Å². The fourth-order valence-corrected chi connectivity index (χ4v) is 9.68. The Morgan fingerprint density at radius 3 is 2.62 bits per heavy atom. The molecule has 1 aromatic heterocycles. The molecule has 5 rings (SSSR count). The zero-order chi connectivity index (χ0) is 25.9. The Labute approximate surface area is 226 Å². The molecule has 0 N–H and O–H groups in total. The molecule has 2 aliphatic heterocycles. The summed E-state index contributed by atoms with van der Waals surface area (Å²) < 4.78 is 25.7. The number of rotatable bonds is 9. The molecule has 2 saturated heterocycles. The Morgan fingerprint density at radius 1 is 1.05 bits per heavy atom. The zero-order valence-electron chi connectivity index (χ0n) is 21.3. The number of hydrogen-bond donors (Lipinski definition) is 0. The van der Waals surface area contributed by atoms with Gasteiger partial charge in [-0.2, -0.15) is 0 Å². The fourth-order valence-electron chi connectivity index (χ4n) is 5.47. The summed E-state index contributed by atoms with van der Waals surface area (Å²) in [4.78, 5) is 31.6. The van der Waals surface area contributed by atoms with Crippen LogP contribution in [0.3, 0.4) is 0 Å². The van der Waals surface area contributed by atoms with E-state index in [0.29, 0.717) is 34.6 Å². The number of fused-ring (bicyclic) bond motifs is 2. The van der Waals surface area contributed by atoms with Crippen LogP contribution in [0, 0.1) is 12.7 Å². The van der Waals surface area contributed by atoms with Crippen LogP contribution in [0.25, 0.3) is 11.1 Å². The van der Waals surface area contributed by atoms with Gasteiger partial charge in [-0.05, 0) is 0 Å². The van der Waals surface area contributed by atoms with E-state index in [-0.39, 0.29) is 45.4 Å². The number of alkyl halides is 2. The van der Waals surface area contributed by atoms with Gasteiger partial charge in [0.15, 0.2) is 0 Å². The van der Waals surface area contributed by atoms with Crippen molar-refractivity contribution in [1.82, 2.24) is 19.0 Å². The Balaban J connectivity index is 1.19. The topological polar surface area (TPSA) is 69.4 Å². The fraction of sp³-hybridized carbons (Fsp3) is 0.464. The van der Waals surface area contributed by atoms with Crippen LogP contribution in [-0.4, -0.2) is 46.2 Å². The van der Waals surface area contributed by atoms with Gasteiger partial charge in [-0.25, -0.2) is 0 Å². The van der Waals surface area contributed by atoms with Gasteiger partial charge in [0.05, 0.1) is 0 Å². The Morgan fingerprint density at radius 2 is 1.86 bits per heavy atom. The van der Waals surface area contributed by atoms with E-state index in [9.17, 15) is 14.0 Å². The maximum absolute atomic E-state index is 14.8. The van der Waals surface area contributed by atoms with E-state index in [2.05, 4.69) is 9.88 Å². The Hall–Kier alpha value is -2.37. The van der Waals surface area contributed by atoms with Crippen molar-refractivity contribution in [1.29, 1.82) is 0 Å². The van der Waals surface area contributed by atoms with Crippen LogP contribution in [0.5, 0.6) is 0 Å². The normalized spacial score (nSPS) is 21.6. The van der Waals surface area contributed by atoms with Crippen LogP contribution in [-0.2, 0) is 24.4 Å². The minimum absolute atomic E-state index is 0.0419. The van der Waals surface area contributed by atoms with Crippen LogP contribution < -0.4 is 32.6 Å². The molecule has 3 unspecified atom stereocenters. The Bertz CT molecular complexity index is 1350. The van der Waals surface area contributed by atoms with Crippen LogP contribution in [0.4, 0.5) is 4.39 Å². The monoisotopic (exact) mass is 619 g/mol. The molecule has 9 heteroatoms. The second-order valence-corrected chi connectivity index (χ2v) is 12.8. The van der Waals surface area contributed by atoms with E-state index in [1.54, 1.807) is 13.0 Å². The first-order valence-corrected chi connectivity index (χ1v) is 15.7. The molecule has 2 aliphatic rings. The third-order valence-electron chi connectivity index (χ3n) is 7.39. The summed E-state index contributed by atoms with van der Waals surface area (Å²) in [5.74, 6) is 0.238. The Kier molecular flexibility index (Phi) is 8.21. The van der Waals surface area contributed by atoms with Gasteiger partial charge in [-0.15, -0.1) is 0 Å². The predicted molar refractivity (Wildman–Crippen MR) is 137 cm³/mol. The molecule has 0 aliphatic carbocycles. The molecular weight excluding hydrogens is 586 g/mol. The van der Waals surface area contributed by atoms with Crippen molar-refractivity contribution < 1.29 is 30.3 Å². The summed E-state index contributed by atoms with van der Waals surface area (Å²) in [6.07, 6.45) is 2.77. The molecule has 2 aromatic carbocycles. The average molecular weight is 619 g/mol. The third kappa shape index (κ3) is 5.58. The molecule has 37 heavy (non-hydrogen) atoms. The second kappa shape index (κ2) is 11.6. The number of aryl methyl sites for hydroxylation is 1. The first-order chi connectivity index (χ1) is 18.0. The van der Waals surface area contributed by atoms with Gasteiger partial charge in [-0.3, -0.25) is 0 Å². The molecular formula is C28H33FIN4O3-. The van der Waals surface area contributed by atoms with Crippen molar-refractivity contribution in [2.45, 2.75) is 69.0 Å². The number of nitrogens with zero attached hydrogens (tertiary/aromatic N) is 4. The third-order valence-corrected chi connectivity index (χ3v) is 11.2. The first kappa shape index (κ1) is 26.2. The van der Waals surface area contributed by atoms with Gasteiger partial charge in [0.1, 0.15) is 0 Å². The van der Waals surface area contributed by atoms with Gasteiger partial charge < -0.3 is 0 Å². The van der Waals surface area contributed by atoms with Crippen LogP contribution in [0.15, 0.2) is 58.1 Å². The van der Waals surface area contributed by atoms with Crippen molar-refractivity contribution in [3.05, 3.63) is 86.7 Å². The quantitative estimate of drug-likeness (QED) is 0.197. The summed E-state index contributed by atoms with van der Waals surface area (Å²) in [5, 5.41) is 0. The number of benzene rings is 2. The van der Waals surface area contributed by atoms with E-state index >= 15 is 0 Å². The van der Waals surface area contributed by atoms with Crippen LogP contribution >= 0.6 is 0 Å². The molecule has 3 atom stereocenters. The SMILES string of the molecule is CCn1c(C)nc(=O)n(CCCN2C3C[I-]C2CC(OCc2c(F)cccc2-c2ccccc2)C3)c1=O. The molecule has 0 spiro atoms. The predicted octanol–water partition coefficient (Wildman–Crippen LogP) is 0.408. The number of aromatic nitrogens is 3. The maximum atomic E-state index is 14.8.